The fourth-order valence-corrected chi connectivity index (χ4v) is 3.59. The topological polar surface area (TPSA) is 76.0 Å². The van der Waals surface area contributed by atoms with Crippen LogP contribution in [0.3, 0.4) is 0 Å². The molecule has 1 aliphatic rings. The Morgan fingerprint density at radius 2 is 2.35 bits per heavy atom. The van der Waals surface area contributed by atoms with Gasteiger partial charge in [0.05, 0.1) is 18.5 Å². The van der Waals surface area contributed by atoms with Gasteiger partial charge < -0.3 is 5.32 Å². The zero-order valence-corrected chi connectivity index (χ0v) is 12.8. The van der Waals surface area contributed by atoms with Crippen molar-refractivity contribution < 1.29 is 8.42 Å². The van der Waals surface area contributed by atoms with Crippen molar-refractivity contribution in [1.29, 1.82) is 0 Å². The maximum absolute atomic E-state index is 11.9. The maximum Gasteiger partial charge on any atom is 0.211 e. The molecule has 1 atom stereocenters. The summed E-state index contributed by atoms with van der Waals surface area (Å²) in [6.45, 7) is 3.93. The maximum atomic E-state index is 11.9. The number of sulfonamides is 1. The van der Waals surface area contributed by atoms with Gasteiger partial charge in [0.2, 0.25) is 10.0 Å². The van der Waals surface area contributed by atoms with Gasteiger partial charge in [-0.25, -0.2) is 13.1 Å². The summed E-state index contributed by atoms with van der Waals surface area (Å²) in [5.74, 6) is 0.197. The quantitative estimate of drug-likeness (QED) is 0.775. The Morgan fingerprint density at radius 1 is 1.50 bits per heavy atom. The van der Waals surface area contributed by atoms with Crippen LogP contribution < -0.4 is 10.0 Å². The van der Waals surface area contributed by atoms with Crippen molar-refractivity contribution in [2.45, 2.75) is 45.2 Å². The molecule has 114 valence electrons. The highest BCUT2D eigenvalue weighted by Crippen LogP contribution is 2.10. The SMILES string of the molecule is Cc1cnn(CCNS(=O)(=O)CCC2CCCCN2)c1. The Balaban J connectivity index is 1.67. The number of hydrogen-bond donors (Lipinski definition) is 2. The lowest BCUT2D eigenvalue weighted by Gasteiger charge is -2.23. The zero-order valence-electron chi connectivity index (χ0n) is 12.0. The van der Waals surface area contributed by atoms with Crippen molar-refractivity contribution in [3.63, 3.8) is 0 Å². The van der Waals surface area contributed by atoms with Gasteiger partial charge in [-0.1, -0.05) is 6.42 Å². The van der Waals surface area contributed by atoms with E-state index in [4.69, 9.17) is 0 Å². The molecule has 0 aromatic carbocycles. The largest absolute Gasteiger partial charge is 0.314 e. The molecular formula is C13H24N4O2S. The van der Waals surface area contributed by atoms with Crippen LogP contribution >= 0.6 is 0 Å². The minimum Gasteiger partial charge on any atom is -0.314 e. The van der Waals surface area contributed by atoms with Crippen LogP contribution in [0.2, 0.25) is 0 Å². The van der Waals surface area contributed by atoms with Crippen molar-refractivity contribution in [2.24, 2.45) is 0 Å². The number of rotatable bonds is 7. The van der Waals surface area contributed by atoms with Gasteiger partial charge in [0, 0.05) is 18.8 Å². The second-order valence-corrected chi connectivity index (χ2v) is 7.36. The second-order valence-electron chi connectivity index (χ2n) is 5.43. The molecule has 20 heavy (non-hydrogen) atoms. The molecule has 1 fully saturated rings. The van der Waals surface area contributed by atoms with E-state index in [9.17, 15) is 8.42 Å². The summed E-state index contributed by atoms with van der Waals surface area (Å²) in [4.78, 5) is 0. The monoisotopic (exact) mass is 300 g/mol. The molecule has 0 aliphatic carbocycles. The third-order valence-electron chi connectivity index (χ3n) is 3.57. The molecule has 1 aromatic heterocycles. The molecule has 2 rings (SSSR count). The number of piperidine rings is 1. The Kier molecular flexibility index (Phi) is 5.56. The smallest absolute Gasteiger partial charge is 0.211 e. The van der Waals surface area contributed by atoms with Crippen LogP contribution in [-0.2, 0) is 16.6 Å². The molecule has 1 aromatic rings. The molecular weight excluding hydrogens is 276 g/mol. The number of hydrogen-bond acceptors (Lipinski definition) is 4. The Hall–Kier alpha value is -0.920. The highest BCUT2D eigenvalue weighted by molar-refractivity contribution is 7.89. The molecule has 2 N–H and O–H groups in total. The lowest BCUT2D eigenvalue weighted by atomic mass is 10.0. The average Bonchev–Trinajstić information content (AvgIpc) is 2.83. The molecule has 1 unspecified atom stereocenters. The third kappa shape index (κ3) is 5.22. The first-order valence-corrected chi connectivity index (χ1v) is 8.90. The van der Waals surface area contributed by atoms with Gasteiger partial charge in [0.25, 0.3) is 0 Å². The first kappa shape index (κ1) is 15.5. The molecule has 0 amide bonds. The molecule has 0 spiro atoms. The molecule has 0 bridgehead atoms. The third-order valence-corrected chi connectivity index (χ3v) is 4.99. The summed E-state index contributed by atoms with van der Waals surface area (Å²) in [7, 11) is -3.18. The first-order valence-electron chi connectivity index (χ1n) is 7.25. The number of aryl methyl sites for hydroxylation is 1. The predicted molar refractivity (Wildman–Crippen MR) is 79.0 cm³/mol. The van der Waals surface area contributed by atoms with E-state index in [0.717, 1.165) is 18.5 Å². The first-order chi connectivity index (χ1) is 9.55. The van der Waals surface area contributed by atoms with Crippen LogP contribution in [0.25, 0.3) is 0 Å². The van der Waals surface area contributed by atoms with Crippen LogP contribution in [0.1, 0.15) is 31.2 Å². The normalized spacial score (nSPS) is 20.1. The van der Waals surface area contributed by atoms with Crippen LogP contribution in [0, 0.1) is 6.92 Å². The minimum absolute atomic E-state index is 0.197. The molecule has 2 heterocycles. The average molecular weight is 300 g/mol. The molecule has 7 heteroatoms. The summed E-state index contributed by atoms with van der Waals surface area (Å²) in [6, 6.07) is 0.356. The van der Waals surface area contributed by atoms with Crippen LogP contribution in [0.4, 0.5) is 0 Å². The van der Waals surface area contributed by atoms with Gasteiger partial charge in [0.1, 0.15) is 0 Å². The minimum atomic E-state index is -3.18. The van der Waals surface area contributed by atoms with E-state index in [2.05, 4.69) is 15.1 Å². The number of nitrogens with one attached hydrogen (secondary N) is 2. The Labute approximate surface area is 121 Å². The predicted octanol–water partition coefficient (Wildman–Crippen LogP) is 0.643. The van der Waals surface area contributed by atoms with E-state index in [-0.39, 0.29) is 5.75 Å². The second kappa shape index (κ2) is 7.19. The lowest BCUT2D eigenvalue weighted by molar-refractivity contribution is 0.392. The van der Waals surface area contributed by atoms with Gasteiger partial charge in [0.15, 0.2) is 0 Å². The zero-order chi connectivity index (χ0) is 14.4. The van der Waals surface area contributed by atoms with Crippen molar-refractivity contribution >= 4 is 10.0 Å². The summed E-state index contributed by atoms with van der Waals surface area (Å²) in [5.41, 5.74) is 1.08. The van der Waals surface area contributed by atoms with Crippen molar-refractivity contribution in [3.8, 4) is 0 Å². The Morgan fingerprint density at radius 3 is 3.00 bits per heavy atom. The fraction of sp³-hybridized carbons (Fsp3) is 0.769. The van der Waals surface area contributed by atoms with Crippen LogP contribution in [0.15, 0.2) is 12.4 Å². The standard InChI is InChI=1S/C13H24N4O2S/c1-12-10-15-17(11-12)8-7-16-20(18,19)9-5-13-4-2-3-6-14-13/h10-11,13-14,16H,2-9H2,1H3. The number of nitrogens with zero attached hydrogens (tertiary/aromatic N) is 2. The lowest BCUT2D eigenvalue weighted by Crippen LogP contribution is -2.37. The molecule has 0 radical (unpaired) electrons. The van der Waals surface area contributed by atoms with Crippen LogP contribution in [0.5, 0.6) is 0 Å². The van der Waals surface area contributed by atoms with Crippen LogP contribution in [-0.4, -0.2) is 43.1 Å². The van der Waals surface area contributed by atoms with E-state index in [1.165, 1.54) is 12.8 Å². The molecule has 1 aliphatic heterocycles. The van der Waals surface area contributed by atoms with Gasteiger partial charge in [-0.15, -0.1) is 0 Å². The van der Waals surface area contributed by atoms with Gasteiger partial charge in [-0.2, -0.15) is 5.10 Å². The fourth-order valence-electron chi connectivity index (χ4n) is 2.44. The summed E-state index contributed by atoms with van der Waals surface area (Å²) >= 11 is 0. The molecule has 0 saturated carbocycles. The summed E-state index contributed by atoms with van der Waals surface area (Å²) in [5, 5.41) is 7.50. The van der Waals surface area contributed by atoms with Crippen molar-refractivity contribution in [2.75, 3.05) is 18.8 Å². The van der Waals surface area contributed by atoms with Gasteiger partial charge in [-0.3, -0.25) is 4.68 Å². The van der Waals surface area contributed by atoms with Gasteiger partial charge in [-0.05, 0) is 38.3 Å². The number of aromatic nitrogens is 2. The summed E-state index contributed by atoms with van der Waals surface area (Å²) in [6.07, 6.45) is 7.84. The van der Waals surface area contributed by atoms with E-state index in [0.29, 0.717) is 25.6 Å². The highest BCUT2D eigenvalue weighted by atomic mass is 32.2. The van der Waals surface area contributed by atoms with Crippen molar-refractivity contribution in [3.05, 3.63) is 18.0 Å². The van der Waals surface area contributed by atoms with E-state index >= 15 is 0 Å². The van der Waals surface area contributed by atoms with Crippen molar-refractivity contribution in [1.82, 2.24) is 19.8 Å². The Bertz CT molecular complexity index is 506. The molecule has 6 nitrogen and oxygen atoms in total. The van der Waals surface area contributed by atoms with E-state index in [1.54, 1.807) is 10.9 Å². The van der Waals surface area contributed by atoms with E-state index in [1.807, 2.05) is 13.1 Å². The highest BCUT2D eigenvalue weighted by Gasteiger charge is 2.17. The summed E-state index contributed by atoms with van der Waals surface area (Å²) < 4.78 is 28.2. The van der Waals surface area contributed by atoms with Gasteiger partial charge >= 0.3 is 0 Å². The van der Waals surface area contributed by atoms with E-state index < -0.39 is 10.0 Å². The molecule has 1 saturated heterocycles.